The van der Waals surface area contributed by atoms with Crippen molar-refractivity contribution in [2.75, 3.05) is 6.54 Å². The van der Waals surface area contributed by atoms with Gasteiger partial charge in [-0.05, 0) is 42.3 Å². The van der Waals surface area contributed by atoms with Gasteiger partial charge in [0.25, 0.3) is 0 Å². The van der Waals surface area contributed by atoms with Gasteiger partial charge in [0.2, 0.25) is 0 Å². The highest BCUT2D eigenvalue weighted by atomic mass is 19.4. The second-order valence-corrected chi connectivity index (χ2v) is 6.95. The first-order chi connectivity index (χ1) is 14.3. The summed E-state index contributed by atoms with van der Waals surface area (Å²) >= 11 is 0. The van der Waals surface area contributed by atoms with Crippen molar-refractivity contribution in [2.24, 2.45) is 7.05 Å². The van der Waals surface area contributed by atoms with Crippen LogP contribution in [0.1, 0.15) is 41.8 Å². The summed E-state index contributed by atoms with van der Waals surface area (Å²) in [5.41, 5.74) is 2.89. The smallest absolute Gasteiger partial charge is 0.313 e. The van der Waals surface area contributed by atoms with Crippen molar-refractivity contribution in [3.63, 3.8) is 0 Å². The van der Waals surface area contributed by atoms with Crippen molar-refractivity contribution in [2.45, 2.75) is 26.6 Å². The van der Waals surface area contributed by atoms with E-state index in [-0.39, 0.29) is 17.7 Å². The molecule has 0 bridgehead atoms. The first-order valence-corrected chi connectivity index (χ1v) is 9.54. The number of halogens is 3. The minimum atomic E-state index is -4.47. The summed E-state index contributed by atoms with van der Waals surface area (Å²) in [4.78, 5) is 0. The Morgan fingerprint density at radius 2 is 2.10 bits per heavy atom. The lowest BCUT2D eigenvalue weighted by Gasteiger charge is -2.18. The first kappa shape index (κ1) is 21.6. The Balaban J connectivity index is 2.15. The normalized spacial score (nSPS) is 12.4. The number of alkyl halides is 3. The van der Waals surface area contributed by atoms with Gasteiger partial charge in [0, 0.05) is 30.9 Å². The minimum absolute atomic E-state index is 0.145. The van der Waals surface area contributed by atoms with Crippen LogP contribution in [0.15, 0.2) is 37.2 Å². The lowest BCUT2D eigenvalue weighted by atomic mass is 9.93. The summed E-state index contributed by atoms with van der Waals surface area (Å²) < 4.78 is 43.5. The Bertz CT molecular complexity index is 1070. The predicted octanol–water partition coefficient (Wildman–Crippen LogP) is 5.14. The van der Waals surface area contributed by atoms with Gasteiger partial charge in [-0.25, -0.2) is 0 Å². The maximum absolute atomic E-state index is 14.0. The predicted molar refractivity (Wildman–Crippen MR) is 113 cm³/mol. The maximum atomic E-state index is 14.0. The molecular formula is C22H24F3N5. The molecule has 0 unspecified atom stereocenters. The third-order valence-electron chi connectivity index (χ3n) is 4.80. The summed E-state index contributed by atoms with van der Waals surface area (Å²) in [5, 5.41) is 14.3. The summed E-state index contributed by atoms with van der Waals surface area (Å²) in [5.74, 6) is 0. The number of nitrogens with one attached hydrogen (secondary N) is 2. The van der Waals surface area contributed by atoms with Crippen LogP contribution in [0, 0.1) is 0 Å². The van der Waals surface area contributed by atoms with Crippen LogP contribution in [-0.4, -0.2) is 26.5 Å². The SMILES string of the molecule is C=Cc1[nH]nc(-c2cnn(C)c2)c1/C=C(\C)c1cccc(CNCC)c1C(F)(F)F. The van der Waals surface area contributed by atoms with Gasteiger partial charge in [0.05, 0.1) is 17.5 Å². The molecule has 0 spiro atoms. The summed E-state index contributed by atoms with van der Waals surface area (Å²) in [6, 6.07) is 4.66. The maximum Gasteiger partial charge on any atom is 0.417 e. The number of benzene rings is 1. The van der Waals surface area contributed by atoms with Gasteiger partial charge < -0.3 is 5.32 Å². The molecule has 0 aliphatic rings. The zero-order chi connectivity index (χ0) is 21.9. The van der Waals surface area contributed by atoms with E-state index >= 15 is 0 Å². The van der Waals surface area contributed by atoms with Crippen LogP contribution >= 0.6 is 0 Å². The van der Waals surface area contributed by atoms with Crippen molar-refractivity contribution in [1.82, 2.24) is 25.3 Å². The van der Waals surface area contributed by atoms with Crippen molar-refractivity contribution >= 4 is 17.7 Å². The summed E-state index contributed by atoms with van der Waals surface area (Å²) in [6.07, 6.45) is 2.30. The van der Waals surface area contributed by atoms with Gasteiger partial charge in [0.15, 0.2) is 0 Å². The van der Waals surface area contributed by atoms with E-state index in [0.717, 1.165) is 5.56 Å². The third-order valence-corrected chi connectivity index (χ3v) is 4.80. The first-order valence-electron chi connectivity index (χ1n) is 9.54. The van der Waals surface area contributed by atoms with Crippen molar-refractivity contribution < 1.29 is 13.2 Å². The van der Waals surface area contributed by atoms with Crippen LogP contribution in [0.4, 0.5) is 13.2 Å². The molecule has 0 fully saturated rings. The molecule has 3 rings (SSSR count). The molecule has 3 aromatic rings. The van der Waals surface area contributed by atoms with E-state index in [4.69, 9.17) is 0 Å². The van der Waals surface area contributed by atoms with E-state index in [9.17, 15) is 13.2 Å². The average molecular weight is 415 g/mol. The molecule has 0 amide bonds. The molecule has 1 aromatic carbocycles. The lowest BCUT2D eigenvalue weighted by Crippen LogP contribution is -2.18. The molecule has 2 heterocycles. The number of aryl methyl sites for hydroxylation is 1. The molecular weight excluding hydrogens is 391 g/mol. The van der Waals surface area contributed by atoms with Gasteiger partial charge >= 0.3 is 6.18 Å². The number of hydrogen-bond donors (Lipinski definition) is 2. The van der Waals surface area contributed by atoms with E-state index in [2.05, 4.69) is 27.2 Å². The van der Waals surface area contributed by atoms with Gasteiger partial charge in [-0.2, -0.15) is 23.4 Å². The number of allylic oxidation sites excluding steroid dienone is 1. The number of hydrogen-bond acceptors (Lipinski definition) is 3. The van der Waals surface area contributed by atoms with E-state index < -0.39 is 11.7 Å². The quantitative estimate of drug-likeness (QED) is 0.562. The van der Waals surface area contributed by atoms with Crippen LogP contribution in [0.2, 0.25) is 0 Å². The fourth-order valence-corrected chi connectivity index (χ4v) is 3.39. The molecule has 8 heteroatoms. The van der Waals surface area contributed by atoms with Gasteiger partial charge in [0.1, 0.15) is 5.69 Å². The fourth-order valence-electron chi connectivity index (χ4n) is 3.39. The van der Waals surface area contributed by atoms with Crippen molar-refractivity contribution in [3.8, 4) is 11.3 Å². The van der Waals surface area contributed by atoms with E-state index in [1.807, 2.05) is 6.92 Å². The second kappa shape index (κ2) is 8.71. The van der Waals surface area contributed by atoms with Crippen LogP contribution in [-0.2, 0) is 19.8 Å². The number of aromatic nitrogens is 4. The molecule has 5 nitrogen and oxygen atoms in total. The number of rotatable bonds is 7. The lowest BCUT2D eigenvalue weighted by molar-refractivity contribution is -0.138. The second-order valence-electron chi connectivity index (χ2n) is 6.95. The molecule has 158 valence electrons. The van der Waals surface area contributed by atoms with E-state index in [0.29, 0.717) is 29.1 Å². The number of H-pyrrole nitrogens is 1. The summed E-state index contributed by atoms with van der Waals surface area (Å²) in [6.45, 7) is 8.05. The molecule has 2 N–H and O–H groups in total. The molecule has 0 saturated heterocycles. The molecule has 0 saturated carbocycles. The van der Waals surface area contributed by atoms with Gasteiger partial charge in [-0.3, -0.25) is 9.78 Å². The van der Waals surface area contributed by atoms with E-state index in [1.54, 1.807) is 49.3 Å². The Kier molecular flexibility index (Phi) is 6.26. The van der Waals surface area contributed by atoms with Crippen LogP contribution in [0.5, 0.6) is 0 Å². The molecule has 0 aliphatic carbocycles. The number of aromatic amines is 1. The van der Waals surface area contributed by atoms with Gasteiger partial charge in [-0.15, -0.1) is 0 Å². The van der Waals surface area contributed by atoms with Crippen LogP contribution < -0.4 is 5.32 Å². The fraction of sp³-hybridized carbons (Fsp3) is 0.273. The standard InChI is InChI=1S/C22H24F3N5/c1-5-19-18(21(29-28-19)16-12-27-30(4)13-16)10-14(3)17-9-7-8-15(11-26-6-2)20(17)22(23,24)25/h5,7-10,12-13,26H,1,6,11H2,2-4H3,(H,28,29)/b14-10+. The molecule has 0 aliphatic heterocycles. The minimum Gasteiger partial charge on any atom is -0.313 e. The molecule has 0 radical (unpaired) electrons. The third kappa shape index (κ3) is 4.38. The van der Waals surface area contributed by atoms with Crippen LogP contribution in [0.3, 0.4) is 0 Å². The van der Waals surface area contributed by atoms with Crippen molar-refractivity contribution in [1.29, 1.82) is 0 Å². The Hall–Kier alpha value is -3.13. The Morgan fingerprint density at radius 3 is 2.70 bits per heavy atom. The number of nitrogens with zero attached hydrogens (tertiary/aromatic N) is 3. The highest BCUT2D eigenvalue weighted by Crippen LogP contribution is 2.38. The van der Waals surface area contributed by atoms with Crippen molar-refractivity contribution in [3.05, 3.63) is 65.1 Å². The highest BCUT2D eigenvalue weighted by Gasteiger charge is 2.36. The van der Waals surface area contributed by atoms with Gasteiger partial charge in [-0.1, -0.05) is 31.7 Å². The molecule has 2 aromatic heterocycles. The van der Waals surface area contributed by atoms with E-state index in [1.165, 1.54) is 12.1 Å². The zero-order valence-electron chi connectivity index (χ0n) is 17.1. The highest BCUT2D eigenvalue weighted by molar-refractivity contribution is 5.88. The molecule has 0 atom stereocenters. The average Bonchev–Trinajstić information content (AvgIpc) is 3.30. The Morgan fingerprint density at radius 1 is 1.33 bits per heavy atom. The molecule has 30 heavy (non-hydrogen) atoms. The summed E-state index contributed by atoms with van der Waals surface area (Å²) in [7, 11) is 1.79. The Labute approximate surface area is 173 Å². The zero-order valence-corrected chi connectivity index (χ0v) is 17.1. The largest absolute Gasteiger partial charge is 0.417 e. The monoisotopic (exact) mass is 415 g/mol. The topological polar surface area (TPSA) is 58.5 Å². The van der Waals surface area contributed by atoms with Crippen LogP contribution in [0.25, 0.3) is 29.0 Å².